The molecule has 0 spiro atoms. The maximum atomic E-state index is 11.3. The molecule has 0 saturated heterocycles. The molecule has 1 aromatic heterocycles. The maximum Gasteiger partial charge on any atom is 0.312 e. The van der Waals surface area contributed by atoms with E-state index in [1.54, 1.807) is 11.3 Å². The number of nitrogens with one attached hydrogen (secondary N) is 1. The van der Waals surface area contributed by atoms with Crippen LogP contribution in [0, 0.1) is 13.8 Å². The Morgan fingerprint density at radius 2 is 2.19 bits per heavy atom. The van der Waals surface area contributed by atoms with E-state index in [9.17, 15) is 9.90 Å². The molecular formula is C16H18N2O2S. The highest BCUT2D eigenvalue weighted by molar-refractivity contribution is 7.15. The number of thiazole rings is 1. The number of anilines is 2. The van der Waals surface area contributed by atoms with Gasteiger partial charge >= 0.3 is 5.97 Å². The van der Waals surface area contributed by atoms with E-state index in [0.717, 1.165) is 34.2 Å². The maximum absolute atomic E-state index is 11.3. The molecule has 0 fully saturated rings. The van der Waals surface area contributed by atoms with Gasteiger partial charge in [-0.25, -0.2) is 4.98 Å². The lowest BCUT2D eigenvalue weighted by Gasteiger charge is -2.16. The van der Waals surface area contributed by atoms with Gasteiger partial charge < -0.3 is 10.4 Å². The topological polar surface area (TPSA) is 62.2 Å². The summed E-state index contributed by atoms with van der Waals surface area (Å²) in [5.74, 6) is -1.21. The first-order valence-electron chi connectivity index (χ1n) is 7.11. The highest BCUT2D eigenvalue weighted by Gasteiger charge is 2.29. The summed E-state index contributed by atoms with van der Waals surface area (Å²) < 4.78 is 0. The number of fused-ring (bicyclic) bond motifs is 1. The van der Waals surface area contributed by atoms with Gasteiger partial charge in [0.05, 0.1) is 5.69 Å². The molecule has 2 aromatic rings. The van der Waals surface area contributed by atoms with E-state index < -0.39 is 11.9 Å². The Labute approximate surface area is 127 Å². The van der Waals surface area contributed by atoms with E-state index in [1.165, 1.54) is 11.1 Å². The van der Waals surface area contributed by atoms with Gasteiger partial charge in [-0.05, 0) is 56.4 Å². The van der Waals surface area contributed by atoms with E-state index in [0.29, 0.717) is 6.42 Å². The molecular weight excluding hydrogens is 284 g/mol. The summed E-state index contributed by atoms with van der Waals surface area (Å²) >= 11 is 1.58. The van der Waals surface area contributed by atoms with Crippen LogP contribution in [0.5, 0.6) is 0 Å². The summed E-state index contributed by atoms with van der Waals surface area (Å²) in [5.41, 5.74) is 4.23. The van der Waals surface area contributed by atoms with Gasteiger partial charge in [0.15, 0.2) is 5.13 Å². The minimum Gasteiger partial charge on any atom is -0.481 e. The number of rotatable bonds is 3. The number of carboxylic acids is 1. The first-order chi connectivity index (χ1) is 10.0. The standard InChI is InChI=1S/C16H18N2O2S/c1-9-6-7-11(8-10(9)2)17-16-18-14-12(15(19)20)4-3-5-13(14)21-16/h6-8,12H,3-5H2,1-2H3,(H,17,18)(H,19,20). The fraction of sp³-hybridized carbons (Fsp3) is 0.375. The first kappa shape index (κ1) is 14.1. The molecule has 1 aliphatic rings. The van der Waals surface area contributed by atoms with E-state index in [4.69, 9.17) is 0 Å². The zero-order chi connectivity index (χ0) is 15.0. The van der Waals surface area contributed by atoms with Crippen molar-refractivity contribution in [1.82, 2.24) is 4.98 Å². The quantitative estimate of drug-likeness (QED) is 0.899. The van der Waals surface area contributed by atoms with Crippen molar-refractivity contribution in [2.75, 3.05) is 5.32 Å². The summed E-state index contributed by atoms with van der Waals surface area (Å²) in [6.07, 6.45) is 2.55. The van der Waals surface area contributed by atoms with Gasteiger partial charge in [0.2, 0.25) is 0 Å². The molecule has 1 heterocycles. The van der Waals surface area contributed by atoms with Crippen LogP contribution >= 0.6 is 11.3 Å². The van der Waals surface area contributed by atoms with Crippen LogP contribution in [0.2, 0.25) is 0 Å². The van der Waals surface area contributed by atoms with Gasteiger partial charge in [-0.3, -0.25) is 4.79 Å². The smallest absolute Gasteiger partial charge is 0.312 e. The Balaban J connectivity index is 1.87. The molecule has 1 unspecified atom stereocenters. The minimum absolute atomic E-state index is 0.444. The van der Waals surface area contributed by atoms with E-state index in [2.05, 4.69) is 36.3 Å². The second kappa shape index (κ2) is 5.48. The van der Waals surface area contributed by atoms with Crippen LogP contribution in [0.4, 0.5) is 10.8 Å². The number of hydrogen-bond donors (Lipinski definition) is 2. The number of carbonyl (C=O) groups is 1. The van der Waals surface area contributed by atoms with E-state index >= 15 is 0 Å². The third-order valence-corrected chi connectivity index (χ3v) is 5.06. The van der Waals surface area contributed by atoms with Crippen molar-refractivity contribution in [3.63, 3.8) is 0 Å². The molecule has 0 saturated carbocycles. The van der Waals surface area contributed by atoms with Crippen molar-refractivity contribution in [2.45, 2.75) is 39.0 Å². The van der Waals surface area contributed by atoms with Crippen molar-refractivity contribution in [2.24, 2.45) is 0 Å². The number of nitrogens with zero attached hydrogens (tertiary/aromatic N) is 1. The van der Waals surface area contributed by atoms with Gasteiger partial charge in [-0.15, -0.1) is 11.3 Å². The largest absolute Gasteiger partial charge is 0.481 e. The number of benzene rings is 1. The number of hydrogen-bond acceptors (Lipinski definition) is 4. The molecule has 21 heavy (non-hydrogen) atoms. The van der Waals surface area contributed by atoms with Gasteiger partial charge in [0, 0.05) is 10.6 Å². The second-order valence-corrected chi connectivity index (χ2v) is 6.62. The third kappa shape index (κ3) is 2.78. The van der Waals surface area contributed by atoms with E-state index in [-0.39, 0.29) is 0 Å². The Bertz CT molecular complexity index is 694. The lowest BCUT2D eigenvalue weighted by molar-refractivity contribution is -0.139. The Morgan fingerprint density at radius 3 is 2.90 bits per heavy atom. The highest BCUT2D eigenvalue weighted by atomic mass is 32.1. The van der Waals surface area contributed by atoms with Crippen molar-refractivity contribution in [3.8, 4) is 0 Å². The summed E-state index contributed by atoms with van der Waals surface area (Å²) in [6, 6.07) is 6.19. The summed E-state index contributed by atoms with van der Waals surface area (Å²) in [6.45, 7) is 4.16. The highest BCUT2D eigenvalue weighted by Crippen LogP contribution is 2.37. The van der Waals surface area contributed by atoms with Crippen LogP contribution in [0.3, 0.4) is 0 Å². The molecule has 5 heteroatoms. The van der Waals surface area contributed by atoms with Crippen LogP contribution in [0.1, 0.15) is 40.5 Å². The molecule has 0 aliphatic heterocycles. The first-order valence-corrected chi connectivity index (χ1v) is 7.93. The number of aryl methyl sites for hydroxylation is 3. The van der Waals surface area contributed by atoms with Gasteiger partial charge in [-0.2, -0.15) is 0 Å². The van der Waals surface area contributed by atoms with Crippen LogP contribution < -0.4 is 5.32 Å². The van der Waals surface area contributed by atoms with Crippen LogP contribution in [-0.4, -0.2) is 16.1 Å². The molecule has 110 valence electrons. The molecule has 1 aromatic carbocycles. The van der Waals surface area contributed by atoms with E-state index in [1.807, 2.05) is 6.07 Å². The molecule has 0 bridgehead atoms. The van der Waals surface area contributed by atoms with Crippen molar-refractivity contribution < 1.29 is 9.90 Å². The van der Waals surface area contributed by atoms with Crippen molar-refractivity contribution in [1.29, 1.82) is 0 Å². The van der Waals surface area contributed by atoms with Crippen molar-refractivity contribution in [3.05, 3.63) is 39.9 Å². The second-order valence-electron chi connectivity index (χ2n) is 5.53. The van der Waals surface area contributed by atoms with Crippen molar-refractivity contribution >= 4 is 28.1 Å². The van der Waals surface area contributed by atoms with Crippen LogP contribution in [0.15, 0.2) is 18.2 Å². The summed E-state index contributed by atoms with van der Waals surface area (Å²) in [5, 5.41) is 13.4. The zero-order valence-electron chi connectivity index (χ0n) is 12.1. The third-order valence-electron chi connectivity index (χ3n) is 4.01. The average molecular weight is 302 g/mol. The number of aromatic nitrogens is 1. The van der Waals surface area contributed by atoms with Crippen LogP contribution in [0.25, 0.3) is 0 Å². The van der Waals surface area contributed by atoms with Gasteiger partial charge in [0.1, 0.15) is 5.92 Å². The number of carboxylic acid groups (broad SMARTS) is 1. The average Bonchev–Trinajstić information content (AvgIpc) is 2.84. The number of aliphatic carboxylic acids is 1. The zero-order valence-corrected chi connectivity index (χ0v) is 13.0. The Morgan fingerprint density at radius 1 is 1.38 bits per heavy atom. The Kier molecular flexibility index (Phi) is 3.68. The molecule has 0 radical (unpaired) electrons. The summed E-state index contributed by atoms with van der Waals surface area (Å²) in [4.78, 5) is 16.9. The predicted molar refractivity (Wildman–Crippen MR) is 84.6 cm³/mol. The lowest BCUT2D eigenvalue weighted by atomic mass is 9.91. The SMILES string of the molecule is Cc1ccc(Nc2nc3c(s2)CCCC3C(=O)O)cc1C. The van der Waals surface area contributed by atoms with Gasteiger partial charge in [0.25, 0.3) is 0 Å². The minimum atomic E-state index is -0.765. The molecule has 2 N–H and O–H groups in total. The Hall–Kier alpha value is -1.88. The summed E-state index contributed by atoms with van der Waals surface area (Å²) in [7, 11) is 0. The lowest BCUT2D eigenvalue weighted by Crippen LogP contribution is -2.17. The predicted octanol–water partition coefficient (Wildman–Crippen LogP) is 4.01. The molecule has 1 atom stereocenters. The molecule has 0 amide bonds. The molecule has 1 aliphatic carbocycles. The molecule has 4 nitrogen and oxygen atoms in total. The van der Waals surface area contributed by atoms with Gasteiger partial charge in [-0.1, -0.05) is 6.07 Å². The normalized spacial score (nSPS) is 17.3. The molecule has 3 rings (SSSR count). The fourth-order valence-electron chi connectivity index (χ4n) is 2.65. The van der Waals surface area contributed by atoms with Crippen LogP contribution in [-0.2, 0) is 11.2 Å². The fourth-order valence-corrected chi connectivity index (χ4v) is 3.74. The monoisotopic (exact) mass is 302 g/mol.